The van der Waals surface area contributed by atoms with E-state index in [0.29, 0.717) is 18.5 Å². The molecule has 0 aliphatic heterocycles. The van der Waals surface area contributed by atoms with Crippen molar-refractivity contribution in [2.24, 2.45) is 0 Å². The van der Waals surface area contributed by atoms with Crippen LogP contribution < -0.4 is 5.32 Å². The Morgan fingerprint density at radius 1 is 1.19 bits per heavy atom. The van der Waals surface area contributed by atoms with Crippen LogP contribution in [-0.4, -0.2) is 21.6 Å². The van der Waals surface area contributed by atoms with Crippen molar-refractivity contribution in [2.45, 2.75) is 6.42 Å². The largest absolute Gasteiger partial charge is 0.507 e. The minimum atomic E-state index is 0.216. The van der Waals surface area contributed by atoms with Gasteiger partial charge in [-0.2, -0.15) is 0 Å². The van der Waals surface area contributed by atoms with Crippen LogP contribution in [0.3, 0.4) is 0 Å². The van der Waals surface area contributed by atoms with Gasteiger partial charge in [-0.05, 0) is 23.6 Å². The van der Waals surface area contributed by atoms with Gasteiger partial charge in [0, 0.05) is 13.0 Å². The molecule has 0 bridgehead atoms. The molecule has 0 unspecified atom stereocenters. The Kier molecular flexibility index (Phi) is 3.99. The molecule has 4 nitrogen and oxygen atoms in total. The molecule has 0 saturated carbocycles. The number of nitrogens with one attached hydrogen (secondary N) is 1. The van der Waals surface area contributed by atoms with Crippen LogP contribution in [-0.2, 0) is 0 Å². The van der Waals surface area contributed by atoms with Crippen molar-refractivity contribution in [1.29, 1.82) is 0 Å². The molecule has 0 aliphatic carbocycles. The average molecular weight is 295 g/mol. The molecule has 0 radical (unpaired) electrons. The first kappa shape index (κ1) is 13.4. The van der Waals surface area contributed by atoms with Gasteiger partial charge in [-0.25, -0.2) is 9.97 Å². The molecule has 3 aromatic rings. The molecule has 2 heterocycles. The number of benzene rings is 1. The van der Waals surface area contributed by atoms with E-state index < -0.39 is 0 Å². The molecule has 0 atom stereocenters. The molecule has 21 heavy (non-hydrogen) atoms. The fourth-order valence-electron chi connectivity index (χ4n) is 1.91. The van der Waals surface area contributed by atoms with E-state index in [1.54, 1.807) is 35.9 Å². The molecule has 1 aromatic carbocycles. The second-order valence-corrected chi connectivity index (χ2v) is 5.25. The number of phenolic OH excluding ortho intramolecular Hbond substituents is 1. The second kappa shape index (κ2) is 6.25. The summed E-state index contributed by atoms with van der Waals surface area (Å²) in [6.45, 7) is 0.697. The lowest BCUT2D eigenvalue weighted by molar-refractivity contribution is 0.473. The van der Waals surface area contributed by atoms with Gasteiger partial charge in [-0.15, -0.1) is 11.3 Å². The number of aromatic nitrogens is 2. The molecular weight excluding hydrogens is 282 g/mol. The molecule has 0 amide bonds. The highest BCUT2D eigenvalue weighted by Gasteiger charge is 2.02. The Bertz CT molecular complexity index is 817. The number of hydrogen-bond donors (Lipinski definition) is 2. The fourth-order valence-corrected chi connectivity index (χ4v) is 2.64. The predicted octanol–water partition coefficient (Wildman–Crippen LogP) is 3.25. The summed E-state index contributed by atoms with van der Waals surface area (Å²) in [5.41, 5.74) is 0.653. The second-order valence-electron chi connectivity index (χ2n) is 4.36. The Balaban J connectivity index is 1.60. The van der Waals surface area contributed by atoms with Crippen molar-refractivity contribution < 1.29 is 5.11 Å². The third-order valence-electron chi connectivity index (χ3n) is 2.93. The van der Waals surface area contributed by atoms with Crippen LogP contribution in [0.15, 0.2) is 42.0 Å². The Morgan fingerprint density at radius 2 is 2.10 bits per heavy atom. The van der Waals surface area contributed by atoms with Crippen molar-refractivity contribution in [1.82, 2.24) is 9.97 Å². The quantitative estimate of drug-likeness (QED) is 0.575. The Hall–Kier alpha value is -2.58. The summed E-state index contributed by atoms with van der Waals surface area (Å²) >= 11 is 1.60. The third-order valence-corrected chi connectivity index (χ3v) is 3.75. The molecule has 0 spiro atoms. The molecule has 2 aromatic heterocycles. The smallest absolute Gasteiger partial charge is 0.138 e. The lowest BCUT2D eigenvalue weighted by Gasteiger charge is -2.03. The zero-order chi connectivity index (χ0) is 14.5. The summed E-state index contributed by atoms with van der Waals surface area (Å²) in [7, 11) is 0. The third kappa shape index (κ3) is 3.12. The van der Waals surface area contributed by atoms with E-state index in [9.17, 15) is 5.11 Å². The van der Waals surface area contributed by atoms with Crippen LogP contribution >= 0.6 is 11.3 Å². The van der Waals surface area contributed by atoms with Gasteiger partial charge >= 0.3 is 0 Å². The van der Waals surface area contributed by atoms with Crippen molar-refractivity contribution in [3.05, 3.63) is 47.6 Å². The molecule has 3 rings (SSSR count). The zero-order valence-electron chi connectivity index (χ0n) is 11.2. The molecule has 5 heteroatoms. The number of rotatable bonds is 3. The van der Waals surface area contributed by atoms with E-state index in [2.05, 4.69) is 27.1 Å². The first-order valence-electron chi connectivity index (χ1n) is 6.53. The topological polar surface area (TPSA) is 58.0 Å². The van der Waals surface area contributed by atoms with E-state index in [0.717, 1.165) is 16.0 Å². The van der Waals surface area contributed by atoms with Crippen molar-refractivity contribution in [3.8, 4) is 17.6 Å². The first-order chi connectivity index (χ1) is 10.3. The van der Waals surface area contributed by atoms with Crippen LogP contribution in [0.1, 0.15) is 12.0 Å². The maximum atomic E-state index is 9.61. The highest BCUT2D eigenvalue weighted by atomic mass is 32.1. The van der Waals surface area contributed by atoms with Gasteiger partial charge in [0.05, 0.1) is 10.9 Å². The van der Waals surface area contributed by atoms with Crippen LogP contribution in [0.25, 0.3) is 10.2 Å². The molecular formula is C16H13N3OS. The van der Waals surface area contributed by atoms with Crippen LogP contribution in [0.4, 0.5) is 5.82 Å². The summed E-state index contributed by atoms with van der Waals surface area (Å²) in [6.07, 6.45) is 2.23. The Morgan fingerprint density at radius 3 is 3.00 bits per heavy atom. The first-order valence-corrected chi connectivity index (χ1v) is 7.41. The van der Waals surface area contributed by atoms with Gasteiger partial charge in [-0.3, -0.25) is 0 Å². The molecule has 0 saturated heterocycles. The van der Waals surface area contributed by atoms with Crippen LogP contribution in [0.5, 0.6) is 5.75 Å². The highest BCUT2D eigenvalue weighted by Crippen LogP contribution is 2.23. The summed E-state index contributed by atoms with van der Waals surface area (Å²) in [6, 6.07) is 9.08. The number of hydrogen-bond acceptors (Lipinski definition) is 5. The fraction of sp³-hybridized carbons (Fsp3) is 0.125. The van der Waals surface area contributed by atoms with Gasteiger partial charge in [0.2, 0.25) is 0 Å². The lowest BCUT2D eigenvalue weighted by atomic mass is 10.2. The minimum Gasteiger partial charge on any atom is -0.507 e. The van der Waals surface area contributed by atoms with Crippen LogP contribution in [0, 0.1) is 11.8 Å². The van der Waals surface area contributed by atoms with Gasteiger partial charge in [-0.1, -0.05) is 24.0 Å². The van der Waals surface area contributed by atoms with Crippen molar-refractivity contribution in [3.63, 3.8) is 0 Å². The van der Waals surface area contributed by atoms with Gasteiger partial charge in [0.25, 0.3) is 0 Å². The van der Waals surface area contributed by atoms with Gasteiger partial charge in [0.15, 0.2) is 0 Å². The minimum absolute atomic E-state index is 0.216. The summed E-state index contributed by atoms with van der Waals surface area (Å²) in [5.74, 6) is 7.06. The molecule has 0 aliphatic rings. The van der Waals surface area contributed by atoms with Gasteiger partial charge < -0.3 is 10.4 Å². The summed E-state index contributed by atoms with van der Waals surface area (Å²) < 4.78 is 0. The molecule has 2 N–H and O–H groups in total. The average Bonchev–Trinajstić information content (AvgIpc) is 2.98. The SMILES string of the molecule is Oc1ccccc1C#CCCNc1ncnc2sccc12. The highest BCUT2D eigenvalue weighted by molar-refractivity contribution is 7.16. The van der Waals surface area contributed by atoms with Gasteiger partial charge in [0.1, 0.15) is 22.7 Å². The number of thiophene rings is 1. The van der Waals surface area contributed by atoms with E-state index in [1.165, 1.54) is 0 Å². The lowest BCUT2D eigenvalue weighted by Crippen LogP contribution is -2.02. The number of phenols is 1. The maximum Gasteiger partial charge on any atom is 0.138 e. The maximum absolute atomic E-state index is 9.61. The van der Waals surface area contributed by atoms with E-state index in [-0.39, 0.29) is 5.75 Å². The number of nitrogens with zero attached hydrogens (tertiary/aromatic N) is 2. The van der Waals surface area contributed by atoms with Crippen LogP contribution in [0.2, 0.25) is 0 Å². The van der Waals surface area contributed by atoms with Crippen molar-refractivity contribution >= 4 is 27.4 Å². The molecule has 104 valence electrons. The Labute approximate surface area is 126 Å². The summed E-state index contributed by atoms with van der Waals surface area (Å²) in [4.78, 5) is 9.43. The summed E-state index contributed by atoms with van der Waals surface area (Å²) in [5, 5.41) is 15.9. The van der Waals surface area contributed by atoms with E-state index in [4.69, 9.17) is 0 Å². The normalized spacial score (nSPS) is 10.1. The number of para-hydroxylation sites is 1. The number of aromatic hydroxyl groups is 1. The van der Waals surface area contributed by atoms with Crippen molar-refractivity contribution in [2.75, 3.05) is 11.9 Å². The standard InChI is InChI=1S/C16H13N3OS/c20-14-7-2-1-5-12(14)6-3-4-9-17-15-13-8-10-21-16(13)19-11-18-15/h1-2,5,7-8,10-11,20H,4,9H2,(H,17,18,19). The van der Waals surface area contributed by atoms with E-state index >= 15 is 0 Å². The monoisotopic (exact) mass is 295 g/mol. The predicted molar refractivity (Wildman–Crippen MR) is 85.5 cm³/mol. The van der Waals surface area contributed by atoms with E-state index in [1.807, 2.05) is 17.5 Å². The number of fused-ring (bicyclic) bond motifs is 1. The number of anilines is 1. The molecule has 0 fully saturated rings. The zero-order valence-corrected chi connectivity index (χ0v) is 12.0.